The van der Waals surface area contributed by atoms with Gasteiger partial charge in [0.15, 0.2) is 5.82 Å². The zero-order valence-electron chi connectivity index (χ0n) is 12.4. The molecule has 1 aromatic carbocycles. The van der Waals surface area contributed by atoms with E-state index in [1.54, 1.807) is 26.0 Å². The summed E-state index contributed by atoms with van der Waals surface area (Å²) < 4.78 is 31.6. The van der Waals surface area contributed by atoms with Gasteiger partial charge in [-0.05, 0) is 26.0 Å². The molecule has 0 saturated carbocycles. The second kappa shape index (κ2) is 5.99. The first kappa shape index (κ1) is 14.9. The molecule has 2 aromatic heterocycles. The van der Waals surface area contributed by atoms with Crippen LogP contribution in [0.2, 0.25) is 0 Å². The van der Waals surface area contributed by atoms with Gasteiger partial charge in [-0.2, -0.15) is 0 Å². The Morgan fingerprint density at radius 3 is 2.30 bits per heavy atom. The first-order valence-electron chi connectivity index (χ1n) is 6.78. The summed E-state index contributed by atoms with van der Waals surface area (Å²) in [6, 6.07) is 6.56. The van der Waals surface area contributed by atoms with Crippen molar-refractivity contribution < 1.29 is 13.3 Å². The molecule has 0 unspecified atom stereocenters. The zero-order valence-corrected chi connectivity index (χ0v) is 12.4. The van der Waals surface area contributed by atoms with Crippen molar-refractivity contribution in [1.29, 1.82) is 0 Å². The van der Waals surface area contributed by atoms with E-state index in [1.807, 2.05) is 0 Å². The summed E-state index contributed by atoms with van der Waals surface area (Å²) in [4.78, 5) is 8.39. The standard InChI is InChI=1S/C15H13F2N5O/c1-8-5-15(22-23-8)21-14-7-13(18-9(2)19-14)20-12-4-3-10(16)6-11(12)17/h3-7H,1-2H3,(H2,18,19,20,21,22). The Hall–Kier alpha value is -3.03. The molecular formula is C15H13F2N5O. The first-order chi connectivity index (χ1) is 11.0. The predicted octanol–water partition coefficient (Wildman–Crippen LogP) is 3.85. The van der Waals surface area contributed by atoms with Crippen LogP contribution in [0.1, 0.15) is 11.6 Å². The normalized spacial score (nSPS) is 10.6. The van der Waals surface area contributed by atoms with Crippen molar-refractivity contribution in [1.82, 2.24) is 15.1 Å². The summed E-state index contributed by atoms with van der Waals surface area (Å²) in [5.41, 5.74) is 0.118. The summed E-state index contributed by atoms with van der Waals surface area (Å²) >= 11 is 0. The van der Waals surface area contributed by atoms with Gasteiger partial charge in [-0.25, -0.2) is 18.7 Å². The molecule has 0 bridgehead atoms. The highest BCUT2D eigenvalue weighted by Crippen LogP contribution is 2.22. The molecule has 0 amide bonds. The molecule has 0 atom stereocenters. The lowest BCUT2D eigenvalue weighted by atomic mass is 10.3. The van der Waals surface area contributed by atoms with Gasteiger partial charge in [-0.3, -0.25) is 0 Å². The van der Waals surface area contributed by atoms with Crippen molar-refractivity contribution in [2.24, 2.45) is 0 Å². The van der Waals surface area contributed by atoms with E-state index in [-0.39, 0.29) is 5.69 Å². The van der Waals surface area contributed by atoms with Crippen LogP contribution in [0.3, 0.4) is 0 Å². The summed E-state index contributed by atoms with van der Waals surface area (Å²) in [5, 5.41) is 9.57. The monoisotopic (exact) mass is 317 g/mol. The van der Waals surface area contributed by atoms with Gasteiger partial charge in [0.05, 0.1) is 5.69 Å². The Labute approximate surface area is 130 Å². The van der Waals surface area contributed by atoms with E-state index < -0.39 is 11.6 Å². The SMILES string of the molecule is Cc1nc(Nc2cc(C)on2)cc(Nc2ccc(F)cc2F)n1. The maximum atomic E-state index is 13.7. The molecule has 0 fully saturated rings. The Morgan fingerprint density at radius 1 is 0.913 bits per heavy atom. The number of hydrogen-bond donors (Lipinski definition) is 2. The maximum absolute atomic E-state index is 13.7. The first-order valence-corrected chi connectivity index (χ1v) is 6.78. The largest absolute Gasteiger partial charge is 0.360 e. The molecule has 0 radical (unpaired) electrons. The fourth-order valence-corrected chi connectivity index (χ4v) is 1.98. The van der Waals surface area contributed by atoms with Gasteiger partial charge in [-0.1, -0.05) is 5.16 Å². The lowest BCUT2D eigenvalue weighted by molar-refractivity contribution is 0.400. The third kappa shape index (κ3) is 3.60. The molecule has 0 aliphatic rings. The van der Waals surface area contributed by atoms with E-state index >= 15 is 0 Å². The maximum Gasteiger partial charge on any atom is 0.175 e. The average Bonchev–Trinajstić information content (AvgIpc) is 2.86. The number of rotatable bonds is 4. The minimum absolute atomic E-state index is 0.118. The third-order valence-corrected chi connectivity index (χ3v) is 2.92. The van der Waals surface area contributed by atoms with Crippen molar-refractivity contribution in [2.75, 3.05) is 10.6 Å². The lowest BCUT2D eigenvalue weighted by Gasteiger charge is -2.09. The highest BCUT2D eigenvalue weighted by molar-refractivity contribution is 5.62. The topological polar surface area (TPSA) is 75.9 Å². The van der Waals surface area contributed by atoms with Crippen LogP contribution >= 0.6 is 0 Å². The van der Waals surface area contributed by atoms with Gasteiger partial charge in [0.1, 0.15) is 34.9 Å². The fourth-order valence-electron chi connectivity index (χ4n) is 1.98. The van der Waals surface area contributed by atoms with Gasteiger partial charge in [0.25, 0.3) is 0 Å². The van der Waals surface area contributed by atoms with E-state index in [1.165, 1.54) is 6.07 Å². The van der Waals surface area contributed by atoms with Crippen LogP contribution in [0.5, 0.6) is 0 Å². The Bertz CT molecular complexity index is 850. The summed E-state index contributed by atoms with van der Waals surface area (Å²) in [7, 11) is 0. The third-order valence-electron chi connectivity index (χ3n) is 2.92. The Balaban J connectivity index is 1.85. The molecule has 2 heterocycles. The van der Waals surface area contributed by atoms with Crippen LogP contribution in [0.15, 0.2) is 34.9 Å². The molecule has 0 spiro atoms. The predicted molar refractivity (Wildman–Crippen MR) is 80.9 cm³/mol. The summed E-state index contributed by atoms with van der Waals surface area (Å²) in [6.07, 6.45) is 0. The summed E-state index contributed by atoms with van der Waals surface area (Å²) in [5.74, 6) is 1.12. The van der Waals surface area contributed by atoms with Gasteiger partial charge < -0.3 is 15.2 Å². The van der Waals surface area contributed by atoms with Gasteiger partial charge in [0, 0.05) is 18.2 Å². The van der Waals surface area contributed by atoms with Crippen LogP contribution in [-0.2, 0) is 0 Å². The van der Waals surface area contributed by atoms with E-state index in [9.17, 15) is 8.78 Å². The number of halogens is 2. The van der Waals surface area contributed by atoms with E-state index in [0.29, 0.717) is 29.0 Å². The molecule has 3 rings (SSSR count). The molecule has 6 nitrogen and oxygen atoms in total. The van der Waals surface area contributed by atoms with Crippen molar-refractivity contribution >= 4 is 23.1 Å². The fraction of sp³-hybridized carbons (Fsp3) is 0.133. The number of hydrogen-bond acceptors (Lipinski definition) is 6. The minimum Gasteiger partial charge on any atom is -0.360 e. The molecule has 2 N–H and O–H groups in total. The smallest absolute Gasteiger partial charge is 0.175 e. The molecule has 0 aliphatic carbocycles. The van der Waals surface area contributed by atoms with Crippen LogP contribution in [0.4, 0.5) is 31.9 Å². The number of aryl methyl sites for hydroxylation is 2. The number of anilines is 4. The van der Waals surface area contributed by atoms with Crippen molar-refractivity contribution in [3.63, 3.8) is 0 Å². The van der Waals surface area contributed by atoms with E-state index in [2.05, 4.69) is 25.8 Å². The zero-order chi connectivity index (χ0) is 16.4. The van der Waals surface area contributed by atoms with Crippen molar-refractivity contribution in [3.05, 3.63) is 53.6 Å². The van der Waals surface area contributed by atoms with E-state index in [0.717, 1.165) is 12.1 Å². The van der Waals surface area contributed by atoms with Crippen molar-refractivity contribution in [3.8, 4) is 0 Å². The molecular weight excluding hydrogens is 304 g/mol. The van der Waals surface area contributed by atoms with Gasteiger partial charge >= 0.3 is 0 Å². The quantitative estimate of drug-likeness (QED) is 0.761. The van der Waals surface area contributed by atoms with Crippen molar-refractivity contribution in [2.45, 2.75) is 13.8 Å². The summed E-state index contributed by atoms with van der Waals surface area (Å²) in [6.45, 7) is 3.47. The molecule has 0 saturated heterocycles. The molecule has 0 aliphatic heterocycles. The van der Waals surface area contributed by atoms with Crippen LogP contribution in [-0.4, -0.2) is 15.1 Å². The van der Waals surface area contributed by atoms with Crippen LogP contribution in [0, 0.1) is 25.5 Å². The molecule has 118 valence electrons. The molecule has 8 heteroatoms. The highest BCUT2D eigenvalue weighted by atomic mass is 19.1. The molecule has 23 heavy (non-hydrogen) atoms. The Kier molecular flexibility index (Phi) is 3.88. The highest BCUT2D eigenvalue weighted by Gasteiger charge is 2.08. The average molecular weight is 317 g/mol. The van der Waals surface area contributed by atoms with E-state index in [4.69, 9.17) is 4.52 Å². The second-order valence-corrected chi connectivity index (χ2v) is 4.88. The van der Waals surface area contributed by atoms with Gasteiger partial charge in [-0.15, -0.1) is 0 Å². The van der Waals surface area contributed by atoms with Gasteiger partial charge in [0.2, 0.25) is 0 Å². The number of benzene rings is 1. The Morgan fingerprint density at radius 2 is 1.65 bits per heavy atom. The number of aromatic nitrogens is 3. The molecule has 3 aromatic rings. The number of nitrogens with zero attached hydrogens (tertiary/aromatic N) is 3. The van der Waals surface area contributed by atoms with Crippen LogP contribution < -0.4 is 10.6 Å². The lowest BCUT2D eigenvalue weighted by Crippen LogP contribution is -2.02. The van der Waals surface area contributed by atoms with Crippen LogP contribution in [0.25, 0.3) is 0 Å². The minimum atomic E-state index is -0.706. The second-order valence-electron chi connectivity index (χ2n) is 4.88. The number of nitrogens with one attached hydrogen (secondary N) is 2.